The van der Waals surface area contributed by atoms with Crippen molar-refractivity contribution in [1.82, 2.24) is 14.9 Å². The van der Waals surface area contributed by atoms with Crippen LogP contribution in [0, 0.1) is 0 Å². The van der Waals surface area contributed by atoms with E-state index in [4.69, 9.17) is 0 Å². The third-order valence-corrected chi connectivity index (χ3v) is 3.66. The zero-order valence-electron chi connectivity index (χ0n) is 11.0. The normalized spacial score (nSPS) is 19.2. The zero-order valence-corrected chi connectivity index (χ0v) is 11.8. The van der Waals surface area contributed by atoms with Gasteiger partial charge in [-0.3, -0.25) is 14.9 Å². The van der Waals surface area contributed by atoms with E-state index >= 15 is 0 Å². The number of pyridine rings is 1. The Morgan fingerprint density at radius 2 is 2.18 bits per heavy atom. The van der Waals surface area contributed by atoms with Crippen molar-refractivity contribution in [2.45, 2.75) is 18.9 Å². The summed E-state index contributed by atoms with van der Waals surface area (Å²) in [5.74, 6) is -1.02. The molecule has 0 bridgehead atoms. The number of rotatable bonds is 3. The second-order valence-corrected chi connectivity index (χ2v) is 5.70. The van der Waals surface area contributed by atoms with Gasteiger partial charge in [-0.1, -0.05) is 3.89 Å². The molecule has 0 spiro atoms. The Hall–Kier alpha value is -2.49. The van der Waals surface area contributed by atoms with Gasteiger partial charge in [-0.05, 0) is 18.6 Å². The van der Waals surface area contributed by atoms with E-state index in [0.717, 1.165) is 6.20 Å². The summed E-state index contributed by atoms with van der Waals surface area (Å²) in [5.41, 5.74) is 0.401. The van der Waals surface area contributed by atoms with Crippen LogP contribution >= 0.6 is 0 Å². The van der Waals surface area contributed by atoms with E-state index in [9.17, 15) is 21.9 Å². The average Bonchev–Trinajstić information content (AvgIpc) is 2.80. The van der Waals surface area contributed by atoms with E-state index in [1.807, 2.05) is 0 Å². The lowest BCUT2D eigenvalue weighted by Gasteiger charge is -2.22. The smallest absolute Gasteiger partial charge is 0.357 e. The summed E-state index contributed by atoms with van der Waals surface area (Å²) in [4.78, 5) is 27.0. The number of nitrogens with zero attached hydrogens (tertiary/aromatic N) is 2. The number of fused-ring (bicyclic) bond motifs is 1. The van der Waals surface area contributed by atoms with E-state index < -0.39 is 22.5 Å². The molecule has 0 aliphatic carbocycles. The van der Waals surface area contributed by atoms with Gasteiger partial charge in [0.15, 0.2) is 5.75 Å². The molecule has 3 rings (SSSR count). The van der Waals surface area contributed by atoms with Crippen molar-refractivity contribution >= 4 is 33.4 Å². The summed E-state index contributed by atoms with van der Waals surface area (Å²) < 4.78 is 39.1. The number of amides is 2. The Kier molecular flexibility index (Phi) is 3.32. The van der Waals surface area contributed by atoms with Crippen LogP contribution in [0.2, 0.25) is 0 Å². The van der Waals surface area contributed by atoms with E-state index in [0.29, 0.717) is 17.5 Å². The minimum atomic E-state index is -5.12. The van der Waals surface area contributed by atoms with Crippen LogP contribution < -0.4 is 9.50 Å². The van der Waals surface area contributed by atoms with Crippen LogP contribution in [0.3, 0.4) is 0 Å². The molecule has 116 valence electrons. The fraction of sp³-hybridized carbons (Fsp3) is 0.250. The largest absolute Gasteiger partial charge is 0.488 e. The summed E-state index contributed by atoms with van der Waals surface area (Å²) >= 11 is 0. The third-order valence-electron chi connectivity index (χ3n) is 3.27. The first-order valence-electron chi connectivity index (χ1n) is 6.28. The number of carbonyl (C=O) groups is 2. The van der Waals surface area contributed by atoms with Crippen LogP contribution in [0.4, 0.5) is 3.89 Å². The lowest BCUT2D eigenvalue weighted by molar-refractivity contribution is -0.135. The summed E-state index contributed by atoms with van der Waals surface area (Å²) in [7, 11) is -5.12. The summed E-state index contributed by atoms with van der Waals surface area (Å²) in [5, 5.41) is 2.72. The number of halogens is 1. The van der Waals surface area contributed by atoms with Crippen LogP contribution in [0.15, 0.2) is 24.5 Å². The van der Waals surface area contributed by atoms with Crippen molar-refractivity contribution in [2.24, 2.45) is 0 Å². The first kappa shape index (κ1) is 14.4. The van der Waals surface area contributed by atoms with Crippen molar-refractivity contribution in [3.63, 3.8) is 0 Å². The molecule has 2 amide bonds. The zero-order chi connectivity index (χ0) is 15.9. The SMILES string of the molecule is O=C1CCC(n2ccc3cc(OS(=O)(=O)F)cnc32)C(=O)N1. The molecule has 0 radical (unpaired) electrons. The number of hydrogen-bond donors (Lipinski definition) is 1. The number of hydrogen-bond acceptors (Lipinski definition) is 6. The van der Waals surface area contributed by atoms with Gasteiger partial charge in [-0.25, -0.2) is 4.98 Å². The first-order chi connectivity index (χ1) is 10.3. The minimum Gasteiger partial charge on any atom is -0.357 e. The van der Waals surface area contributed by atoms with E-state index in [1.54, 1.807) is 16.8 Å². The highest BCUT2D eigenvalue weighted by Gasteiger charge is 2.29. The lowest BCUT2D eigenvalue weighted by atomic mass is 10.1. The van der Waals surface area contributed by atoms with Gasteiger partial charge < -0.3 is 8.75 Å². The van der Waals surface area contributed by atoms with E-state index in [-0.39, 0.29) is 18.1 Å². The highest BCUT2D eigenvalue weighted by Crippen LogP contribution is 2.26. The molecule has 0 saturated carbocycles. The molecule has 1 unspecified atom stereocenters. The Morgan fingerprint density at radius 1 is 1.41 bits per heavy atom. The number of aromatic nitrogens is 2. The van der Waals surface area contributed by atoms with Gasteiger partial charge in [-0.15, -0.1) is 0 Å². The van der Waals surface area contributed by atoms with Crippen LogP contribution in [0.25, 0.3) is 11.0 Å². The van der Waals surface area contributed by atoms with Gasteiger partial charge in [0.1, 0.15) is 11.7 Å². The Morgan fingerprint density at radius 3 is 2.86 bits per heavy atom. The standard InChI is InChI=1S/C12H10FN3O5S/c13-22(19,20)21-8-5-7-3-4-16(11(7)14-6-8)9-1-2-10(17)15-12(9)18/h3-6,9H,1-2H2,(H,15,17,18). The van der Waals surface area contributed by atoms with Crippen molar-refractivity contribution in [3.8, 4) is 5.75 Å². The quantitative estimate of drug-likeness (QED) is 0.653. The molecule has 1 aliphatic heterocycles. The fourth-order valence-electron chi connectivity index (χ4n) is 2.38. The van der Waals surface area contributed by atoms with Gasteiger partial charge in [0.05, 0.1) is 6.20 Å². The molecule has 1 fully saturated rings. The monoisotopic (exact) mass is 327 g/mol. The van der Waals surface area contributed by atoms with Crippen LogP contribution in [-0.2, 0) is 20.1 Å². The summed E-state index contributed by atoms with van der Waals surface area (Å²) in [6.45, 7) is 0. The highest BCUT2D eigenvalue weighted by atomic mass is 32.3. The van der Waals surface area contributed by atoms with Crippen molar-refractivity contribution < 1.29 is 26.1 Å². The molecule has 1 saturated heterocycles. The van der Waals surface area contributed by atoms with E-state index in [1.165, 1.54) is 6.07 Å². The van der Waals surface area contributed by atoms with Crippen molar-refractivity contribution in [2.75, 3.05) is 0 Å². The number of carbonyl (C=O) groups excluding carboxylic acids is 2. The second kappa shape index (κ2) is 5.05. The van der Waals surface area contributed by atoms with Crippen LogP contribution in [0.5, 0.6) is 5.75 Å². The minimum absolute atomic E-state index is 0.220. The van der Waals surface area contributed by atoms with Crippen LogP contribution in [0.1, 0.15) is 18.9 Å². The van der Waals surface area contributed by atoms with Crippen molar-refractivity contribution in [1.29, 1.82) is 0 Å². The topological polar surface area (TPSA) is 107 Å². The summed E-state index contributed by atoms with van der Waals surface area (Å²) in [6, 6.07) is 2.30. The highest BCUT2D eigenvalue weighted by molar-refractivity contribution is 7.81. The lowest BCUT2D eigenvalue weighted by Crippen LogP contribution is -2.41. The number of imide groups is 1. The molecule has 2 aromatic heterocycles. The molecule has 0 aromatic carbocycles. The van der Waals surface area contributed by atoms with Gasteiger partial charge in [0.25, 0.3) is 0 Å². The summed E-state index contributed by atoms with van der Waals surface area (Å²) in [6.07, 6.45) is 3.19. The molecular formula is C12H10FN3O5S. The van der Waals surface area contributed by atoms with Crippen molar-refractivity contribution in [3.05, 3.63) is 24.5 Å². The molecule has 22 heavy (non-hydrogen) atoms. The average molecular weight is 327 g/mol. The Balaban J connectivity index is 1.96. The molecule has 3 heterocycles. The molecule has 10 heteroatoms. The molecule has 1 aliphatic rings. The maximum absolute atomic E-state index is 12.5. The Labute approximate surface area is 124 Å². The van der Waals surface area contributed by atoms with E-state index in [2.05, 4.69) is 14.5 Å². The number of nitrogens with one attached hydrogen (secondary N) is 1. The maximum atomic E-state index is 12.5. The van der Waals surface area contributed by atoms with Crippen LogP contribution in [-0.4, -0.2) is 29.8 Å². The fourth-order valence-corrected chi connectivity index (χ4v) is 2.70. The maximum Gasteiger partial charge on any atom is 0.488 e. The third kappa shape index (κ3) is 2.77. The predicted octanol–water partition coefficient (Wildman–Crippen LogP) is 0.607. The van der Waals surface area contributed by atoms with Gasteiger partial charge in [-0.2, -0.15) is 8.42 Å². The molecular weight excluding hydrogens is 317 g/mol. The van der Waals surface area contributed by atoms with Gasteiger partial charge in [0, 0.05) is 18.0 Å². The van der Waals surface area contributed by atoms with Gasteiger partial charge >= 0.3 is 10.5 Å². The first-order valence-corrected chi connectivity index (χ1v) is 7.59. The second-order valence-electron chi connectivity index (χ2n) is 4.75. The Bertz CT molecular complexity index is 876. The number of piperidine rings is 1. The molecule has 2 aromatic rings. The van der Waals surface area contributed by atoms with Gasteiger partial charge in [0.2, 0.25) is 11.8 Å². The molecule has 1 N–H and O–H groups in total. The predicted molar refractivity (Wildman–Crippen MR) is 71.8 cm³/mol. The molecule has 1 atom stereocenters. The molecule has 8 nitrogen and oxygen atoms in total.